The maximum absolute atomic E-state index is 11.1. The number of halogens is 1. The monoisotopic (exact) mass is 257 g/mol. The molecule has 76 valence electrons. The Morgan fingerprint density at radius 1 is 1.50 bits per heavy atom. The van der Waals surface area contributed by atoms with Crippen molar-refractivity contribution in [3.05, 3.63) is 34.3 Å². The van der Waals surface area contributed by atoms with Gasteiger partial charge in [0.25, 0.3) is 0 Å². The third-order valence-corrected chi connectivity index (χ3v) is 2.33. The van der Waals surface area contributed by atoms with Crippen molar-refractivity contribution in [2.75, 3.05) is 7.05 Å². The minimum atomic E-state index is -0.298. The van der Waals surface area contributed by atoms with E-state index in [0.29, 0.717) is 6.54 Å². The Hall–Kier alpha value is -1.07. The van der Waals surface area contributed by atoms with Crippen LogP contribution in [0.15, 0.2) is 28.7 Å². The van der Waals surface area contributed by atoms with Gasteiger partial charge in [0.15, 0.2) is 0 Å². The van der Waals surface area contributed by atoms with E-state index in [0.717, 1.165) is 10.0 Å². The summed E-state index contributed by atoms with van der Waals surface area (Å²) in [5, 5.41) is 0. The van der Waals surface area contributed by atoms with Crippen LogP contribution in [0.4, 0.5) is 4.79 Å². The molecule has 0 atom stereocenters. The van der Waals surface area contributed by atoms with Crippen LogP contribution in [0.2, 0.25) is 0 Å². The molecule has 0 aliphatic heterocycles. The second kappa shape index (κ2) is 4.97. The summed E-state index contributed by atoms with van der Waals surface area (Å²) in [6, 6.07) is 7.47. The molecule has 0 saturated carbocycles. The number of urea groups is 1. The lowest BCUT2D eigenvalue weighted by atomic mass is 10.2. The van der Waals surface area contributed by atoms with Crippen molar-refractivity contribution < 1.29 is 4.79 Å². The van der Waals surface area contributed by atoms with Gasteiger partial charge in [-0.25, -0.2) is 10.6 Å². The zero-order chi connectivity index (χ0) is 10.6. The Labute approximate surface area is 91.2 Å². The fourth-order valence-electron chi connectivity index (χ4n) is 1.05. The van der Waals surface area contributed by atoms with Gasteiger partial charge in [-0.15, -0.1) is 0 Å². The summed E-state index contributed by atoms with van der Waals surface area (Å²) < 4.78 is 1.02. The summed E-state index contributed by atoms with van der Waals surface area (Å²) in [5.74, 6) is 5.00. The number of nitrogens with two attached hydrogens (primary N) is 1. The van der Waals surface area contributed by atoms with Crippen LogP contribution >= 0.6 is 15.9 Å². The van der Waals surface area contributed by atoms with Gasteiger partial charge in [0.2, 0.25) is 0 Å². The minimum Gasteiger partial charge on any atom is -0.322 e. The van der Waals surface area contributed by atoms with Crippen molar-refractivity contribution in [2.24, 2.45) is 5.84 Å². The molecule has 2 amide bonds. The Balaban J connectivity index is 2.60. The van der Waals surface area contributed by atoms with Crippen molar-refractivity contribution in [1.29, 1.82) is 0 Å². The molecule has 0 unspecified atom stereocenters. The van der Waals surface area contributed by atoms with Crippen LogP contribution in [-0.4, -0.2) is 18.0 Å². The first-order valence-corrected chi connectivity index (χ1v) is 4.89. The van der Waals surface area contributed by atoms with Gasteiger partial charge in [0, 0.05) is 18.1 Å². The van der Waals surface area contributed by atoms with E-state index in [1.165, 1.54) is 4.90 Å². The molecule has 14 heavy (non-hydrogen) atoms. The number of hydrogen-bond acceptors (Lipinski definition) is 2. The molecule has 5 heteroatoms. The molecule has 1 rings (SSSR count). The van der Waals surface area contributed by atoms with Gasteiger partial charge in [0.1, 0.15) is 0 Å². The quantitative estimate of drug-likeness (QED) is 0.479. The topological polar surface area (TPSA) is 58.4 Å². The summed E-state index contributed by atoms with van der Waals surface area (Å²) in [6.07, 6.45) is 0. The van der Waals surface area contributed by atoms with Crippen LogP contribution in [-0.2, 0) is 6.54 Å². The Bertz CT molecular complexity index is 312. The number of benzene rings is 1. The predicted molar refractivity (Wildman–Crippen MR) is 58.3 cm³/mol. The standard InChI is InChI=1S/C9H12BrN3O/c1-13(9(14)12-11)6-7-2-4-8(10)5-3-7/h2-5H,6,11H2,1H3,(H,12,14). The summed E-state index contributed by atoms with van der Waals surface area (Å²) >= 11 is 3.34. The maximum Gasteiger partial charge on any atom is 0.331 e. The molecule has 0 aliphatic rings. The van der Waals surface area contributed by atoms with Crippen molar-refractivity contribution in [1.82, 2.24) is 10.3 Å². The molecule has 0 radical (unpaired) electrons. The number of amides is 2. The molecule has 0 bridgehead atoms. The highest BCUT2D eigenvalue weighted by Crippen LogP contribution is 2.11. The fourth-order valence-corrected chi connectivity index (χ4v) is 1.31. The number of carbonyl (C=O) groups excluding carboxylic acids is 1. The van der Waals surface area contributed by atoms with Gasteiger partial charge in [-0.05, 0) is 17.7 Å². The SMILES string of the molecule is CN(Cc1ccc(Br)cc1)C(=O)NN. The van der Waals surface area contributed by atoms with Gasteiger partial charge < -0.3 is 4.90 Å². The molecule has 3 N–H and O–H groups in total. The van der Waals surface area contributed by atoms with Gasteiger partial charge in [-0.3, -0.25) is 5.43 Å². The summed E-state index contributed by atoms with van der Waals surface area (Å²) in [4.78, 5) is 12.6. The van der Waals surface area contributed by atoms with Gasteiger partial charge >= 0.3 is 6.03 Å². The molecular formula is C9H12BrN3O. The first-order valence-electron chi connectivity index (χ1n) is 4.09. The Kier molecular flexibility index (Phi) is 3.91. The molecular weight excluding hydrogens is 246 g/mol. The maximum atomic E-state index is 11.1. The second-order valence-electron chi connectivity index (χ2n) is 2.93. The number of carbonyl (C=O) groups is 1. The first-order chi connectivity index (χ1) is 6.63. The highest BCUT2D eigenvalue weighted by atomic mass is 79.9. The van der Waals surface area contributed by atoms with Crippen LogP contribution in [0.1, 0.15) is 5.56 Å². The van der Waals surface area contributed by atoms with Crippen LogP contribution in [0.25, 0.3) is 0 Å². The Morgan fingerprint density at radius 3 is 2.57 bits per heavy atom. The molecule has 1 aromatic carbocycles. The Morgan fingerprint density at radius 2 is 2.07 bits per heavy atom. The fraction of sp³-hybridized carbons (Fsp3) is 0.222. The molecule has 4 nitrogen and oxygen atoms in total. The number of rotatable bonds is 2. The summed E-state index contributed by atoms with van der Waals surface area (Å²) in [6.45, 7) is 0.538. The third kappa shape index (κ3) is 3.01. The lowest BCUT2D eigenvalue weighted by molar-refractivity contribution is 0.207. The molecule has 1 aromatic rings. The third-order valence-electron chi connectivity index (χ3n) is 1.80. The van der Waals surface area contributed by atoms with Crippen molar-refractivity contribution >= 4 is 22.0 Å². The van der Waals surface area contributed by atoms with Gasteiger partial charge in [0.05, 0.1) is 0 Å². The average molecular weight is 258 g/mol. The van der Waals surface area contributed by atoms with Crippen LogP contribution in [0, 0.1) is 0 Å². The number of hydrogen-bond donors (Lipinski definition) is 2. The van der Waals surface area contributed by atoms with E-state index in [1.54, 1.807) is 7.05 Å². The zero-order valence-corrected chi connectivity index (χ0v) is 9.41. The van der Waals surface area contributed by atoms with Gasteiger partial charge in [-0.2, -0.15) is 0 Å². The first kappa shape index (κ1) is 11.0. The van der Waals surface area contributed by atoms with Crippen LogP contribution in [0.3, 0.4) is 0 Å². The highest BCUT2D eigenvalue weighted by molar-refractivity contribution is 9.10. The van der Waals surface area contributed by atoms with E-state index in [2.05, 4.69) is 21.4 Å². The lowest BCUT2D eigenvalue weighted by Crippen LogP contribution is -2.40. The average Bonchev–Trinajstić information content (AvgIpc) is 2.20. The van der Waals surface area contributed by atoms with E-state index < -0.39 is 0 Å². The number of nitrogens with one attached hydrogen (secondary N) is 1. The van der Waals surface area contributed by atoms with E-state index in [-0.39, 0.29) is 6.03 Å². The predicted octanol–water partition coefficient (Wildman–Crippen LogP) is 1.46. The highest BCUT2D eigenvalue weighted by Gasteiger charge is 2.05. The largest absolute Gasteiger partial charge is 0.331 e. The molecule has 0 saturated heterocycles. The lowest BCUT2D eigenvalue weighted by Gasteiger charge is -2.15. The van der Waals surface area contributed by atoms with E-state index in [4.69, 9.17) is 5.84 Å². The zero-order valence-electron chi connectivity index (χ0n) is 7.83. The van der Waals surface area contributed by atoms with Gasteiger partial charge in [-0.1, -0.05) is 28.1 Å². The van der Waals surface area contributed by atoms with E-state index in [1.807, 2.05) is 24.3 Å². The normalized spacial score (nSPS) is 9.64. The van der Waals surface area contributed by atoms with E-state index >= 15 is 0 Å². The molecule has 0 spiro atoms. The second-order valence-corrected chi connectivity index (χ2v) is 3.85. The molecule has 0 heterocycles. The molecule has 0 fully saturated rings. The van der Waals surface area contributed by atoms with Crippen molar-refractivity contribution in [3.8, 4) is 0 Å². The van der Waals surface area contributed by atoms with Crippen molar-refractivity contribution in [3.63, 3.8) is 0 Å². The summed E-state index contributed by atoms with van der Waals surface area (Å²) in [5.41, 5.74) is 3.13. The van der Waals surface area contributed by atoms with Crippen LogP contribution in [0.5, 0.6) is 0 Å². The molecule has 0 aliphatic carbocycles. The van der Waals surface area contributed by atoms with E-state index in [9.17, 15) is 4.79 Å². The smallest absolute Gasteiger partial charge is 0.322 e. The number of nitrogens with zero attached hydrogens (tertiary/aromatic N) is 1. The molecule has 0 aromatic heterocycles. The minimum absolute atomic E-state index is 0.298. The van der Waals surface area contributed by atoms with Crippen LogP contribution < -0.4 is 11.3 Å². The summed E-state index contributed by atoms with van der Waals surface area (Å²) in [7, 11) is 1.68. The number of hydrazine groups is 1. The van der Waals surface area contributed by atoms with Crippen molar-refractivity contribution in [2.45, 2.75) is 6.54 Å².